The Balaban J connectivity index is 1.31. The third kappa shape index (κ3) is 5.92. The lowest BCUT2D eigenvalue weighted by Gasteiger charge is -2.22. The number of hydrogen-bond donors (Lipinski definition) is 1. The number of alkyl halides is 2. The molecular weight excluding hydrogens is 626 g/mol. The minimum Gasteiger partial charge on any atom is -0.323 e. The molecule has 2 bridgehead atoms. The van der Waals surface area contributed by atoms with Crippen LogP contribution in [0.25, 0.3) is 33.4 Å². The highest BCUT2D eigenvalue weighted by molar-refractivity contribution is 6.31. The van der Waals surface area contributed by atoms with E-state index in [1.807, 2.05) is 41.1 Å². The maximum atomic E-state index is 14.0. The Hall–Kier alpha value is -5.23. The van der Waals surface area contributed by atoms with Crippen molar-refractivity contribution in [2.45, 2.75) is 45.3 Å². The van der Waals surface area contributed by atoms with Gasteiger partial charge in [0.15, 0.2) is 0 Å². The fourth-order valence-corrected chi connectivity index (χ4v) is 6.39. The molecule has 0 spiro atoms. The van der Waals surface area contributed by atoms with Gasteiger partial charge in [-0.1, -0.05) is 55.3 Å². The number of anilines is 1. The van der Waals surface area contributed by atoms with Crippen LogP contribution in [0.3, 0.4) is 0 Å². The molecule has 0 unspecified atom stereocenters. The van der Waals surface area contributed by atoms with Gasteiger partial charge < -0.3 is 5.32 Å². The molecule has 1 amide bonds. The van der Waals surface area contributed by atoms with Crippen LogP contribution < -0.4 is 10.9 Å². The number of amides is 1. The van der Waals surface area contributed by atoms with Gasteiger partial charge in [-0.05, 0) is 42.7 Å². The summed E-state index contributed by atoms with van der Waals surface area (Å²) in [5.74, 6) is -0.707. The fourth-order valence-electron chi connectivity index (χ4n) is 6.16. The molecule has 0 fully saturated rings. The second kappa shape index (κ2) is 12.5. The Morgan fingerprint density at radius 2 is 1.83 bits per heavy atom. The predicted molar refractivity (Wildman–Crippen MR) is 174 cm³/mol. The van der Waals surface area contributed by atoms with Crippen LogP contribution in [0.1, 0.15) is 50.0 Å². The van der Waals surface area contributed by atoms with Crippen molar-refractivity contribution in [3.05, 3.63) is 112 Å². The van der Waals surface area contributed by atoms with Crippen LogP contribution in [-0.2, 0) is 11.3 Å². The van der Waals surface area contributed by atoms with Crippen molar-refractivity contribution in [3.63, 3.8) is 0 Å². The van der Waals surface area contributed by atoms with Crippen LogP contribution in [0, 0.1) is 5.92 Å². The Bertz CT molecular complexity index is 2160. The summed E-state index contributed by atoms with van der Waals surface area (Å²) in [6.45, 7) is -0.639. The second-order valence-electron chi connectivity index (χ2n) is 11.6. The van der Waals surface area contributed by atoms with Crippen LogP contribution in [-0.4, -0.2) is 40.0 Å². The smallest absolute Gasteiger partial charge is 0.323 e. The van der Waals surface area contributed by atoms with Crippen molar-refractivity contribution in [1.29, 1.82) is 0 Å². The summed E-state index contributed by atoms with van der Waals surface area (Å²) < 4.78 is 31.9. The molecule has 0 saturated carbocycles. The van der Waals surface area contributed by atoms with Crippen LogP contribution in [0.15, 0.2) is 90.4 Å². The van der Waals surface area contributed by atoms with Crippen molar-refractivity contribution in [2.24, 2.45) is 5.92 Å². The van der Waals surface area contributed by atoms with E-state index >= 15 is 0 Å². The fraction of sp³-hybridized carbons (Fsp3) is 0.235. The highest BCUT2D eigenvalue weighted by atomic mass is 35.5. The Labute approximate surface area is 272 Å². The number of carbonyl (C=O) groups is 1. The van der Waals surface area contributed by atoms with Gasteiger partial charge in [0.1, 0.15) is 0 Å². The van der Waals surface area contributed by atoms with Crippen LogP contribution >= 0.6 is 11.6 Å². The summed E-state index contributed by atoms with van der Waals surface area (Å²) in [6.07, 6.45) is 7.51. The number of nitrogens with one attached hydrogen (secondary N) is 1. The van der Waals surface area contributed by atoms with Gasteiger partial charge in [0.25, 0.3) is 5.56 Å². The molecule has 1 aliphatic rings. The molecule has 2 atom stereocenters. The monoisotopic (exact) mass is 654 g/mol. The second-order valence-corrected chi connectivity index (χ2v) is 12.1. The number of benzene rings is 2. The third-order valence-corrected chi connectivity index (χ3v) is 8.74. The first-order valence-electron chi connectivity index (χ1n) is 15.2. The highest BCUT2D eigenvalue weighted by Crippen LogP contribution is 2.35. The van der Waals surface area contributed by atoms with Crippen molar-refractivity contribution in [2.75, 3.05) is 5.32 Å². The molecule has 7 rings (SSSR count). The predicted octanol–water partition coefficient (Wildman–Crippen LogP) is 6.96. The van der Waals surface area contributed by atoms with Gasteiger partial charge in [-0.25, -0.2) is 9.67 Å². The molecule has 4 aromatic heterocycles. The minimum absolute atomic E-state index is 0.0569. The Morgan fingerprint density at radius 1 is 1.00 bits per heavy atom. The minimum atomic E-state index is -2.94. The average molecular weight is 655 g/mol. The van der Waals surface area contributed by atoms with E-state index in [0.717, 1.165) is 16.5 Å². The van der Waals surface area contributed by atoms with Crippen LogP contribution in [0.2, 0.25) is 5.02 Å². The number of carbonyl (C=O) groups excluding carboxylic acids is 1. The van der Waals surface area contributed by atoms with Crippen molar-refractivity contribution >= 4 is 34.1 Å². The van der Waals surface area contributed by atoms with Crippen molar-refractivity contribution in [1.82, 2.24) is 34.1 Å². The maximum absolute atomic E-state index is 14.0. The first-order valence-corrected chi connectivity index (χ1v) is 15.5. The average Bonchev–Trinajstić information content (AvgIpc) is 3.67. The molecule has 238 valence electrons. The molecule has 13 heteroatoms. The Morgan fingerprint density at radius 3 is 2.62 bits per heavy atom. The van der Waals surface area contributed by atoms with Crippen molar-refractivity contribution < 1.29 is 13.6 Å². The van der Waals surface area contributed by atoms with Gasteiger partial charge >= 0.3 is 6.55 Å². The summed E-state index contributed by atoms with van der Waals surface area (Å²) in [5, 5.41) is 12.5. The molecule has 6 aromatic rings. The molecule has 1 N–H and O–H groups in total. The number of pyridine rings is 1. The maximum Gasteiger partial charge on any atom is 0.333 e. The molecule has 0 saturated heterocycles. The number of nitrogens with zero attached hydrogens (tertiary/aromatic N) is 7. The normalized spacial score (nSPS) is 16.8. The van der Waals surface area contributed by atoms with E-state index in [1.54, 1.807) is 31.3 Å². The van der Waals surface area contributed by atoms with E-state index in [1.165, 1.54) is 29.4 Å². The summed E-state index contributed by atoms with van der Waals surface area (Å²) in [6, 6.07) is 17.6. The first-order chi connectivity index (χ1) is 22.8. The Kier molecular flexibility index (Phi) is 8.10. The van der Waals surface area contributed by atoms with Crippen LogP contribution in [0.5, 0.6) is 0 Å². The summed E-state index contributed by atoms with van der Waals surface area (Å²) in [7, 11) is 0. The third-order valence-electron chi connectivity index (χ3n) is 8.52. The van der Waals surface area contributed by atoms with E-state index in [9.17, 15) is 18.4 Å². The number of aromatic nitrogens is 7. The number of fused-ring (bicyclic) bond motifs is 5. The number of rotatable bonds is 5. The van der Waals surface area contributed by atoms with E-state index in [4.69, 9.17) is 16.6 Å². The summed E-state index contributed by atoms with van der Waals surface area (Å²) in [5.41, 5.74) is 3.74. The van der Waals surface area contributed by atoms with E-state index in [-0.39, 0.29) is 22.8 Å². The van der Waals surface area contributed by atoms with Gasteiger partial charge in [-0.3, -0.25) is 23.8 Å². The summed E-state index contributed by atoms with van der Waals surface area (Å²) >= 11 is 6.50. The van der Waals surface area contributed by atoms with Gasteiger partial charge in [0.2, 0.25) is 5.91 Å². The molecule has 10 nitrogen and oxygen atoms in total. The van der Waals surface area contributed by atoms with Crippen LogP contribution in [0.4, 0.5) is 14.5 Å². The van der Waals surface area contributed by atoms with Crippen molar-refractivity contribution in [3.8, 4) is 22.5 Å². The zero-order chi connectivity index (χ0) is 32.7. The van der Waals surface area contributed by atoms with E-state index in [0.29, 0.717) is 58.0 Å². The zero-order valence-corrected chi connectivity index (χ0v) is 26.0. The quantitative estimate of drug-likeness (QED) is 0.215. The molecule has 1 aliphatic heterocycles. The number of hydrogen-bond acceptors (Lipinski definition) is 6. The lowest BCUT2D eigenvalue weighted by atomic mass is 9.97. The van der Waals surface area contributed by atoms with E-state index < -0.39 is 18.5 Å². The molecule has 0 radical (unpaired) electrons. The molecule has 2 aromatic carbocycles. The first kappa shape index (κ1) is 30.4. The van der Waals surface area contributed by atoms with Gasteiger partial charge in [0, 0.05) is 39.7 Å². The zero-order valence-electron chi connectivity index (χ0n) is 25.2. The van der Waals surface area contributed by atoms with Gasteiger partial charge in [-0.2, -0.15) is 19.0 Å². The largest absolute Gasteiger partial charge is 0.333 e. The SMILES string of the molecule is C[C@@H]1CCC[C@H](n2cnc(-c3cc(Cl)cc4cnn(Cc5ccccc5)c34)cc2=O)c2cc(ccn2)-c2c(cnn2C(F)F)NC1=O. The topological polar surface area (TPSA) is 113 Å². The highest BCUT2D eigenvalue weighted by Gasteiger charge is 2.26. The standard InChI is InChI=1S/C34H29ClF2N8O2/c1-20-6-5-9-29(27-13-22(10-11-38-27)32-28(42-33(20)47)17-41-45(32)34(36)37)43-19-39-26(15-30(43)46)25-14-24(35)12-23-16-40-44(31(23)25)18-21-7-3-2-4-8-21/h2-4,7-8,10-17,19-20,29,34H,5-6,9,18H2,1H3,(H,42,47)/t20-,29+/m1/s1. The lowest BCUT2D eigenvalue weighted by Crippen LogP contribution is -2.27. The molecular formula is C34H29ClF2N8O2. The number of halogens is 3. The molecule has 5 heterocycles. The lowest BCUT2D eigenvalue weighted by molar-refractivity contribution is -0.119. The van der Waals surface area contributed by atoms with Gasteiger partial charge in [-0.15, -0.1) is 0 Å². The molecule has 47 heavy (non-hydrogen) atoms. The summed E-state index contributed by atoms with van der Waals surface area (Å²) in [4.78, 5) is 36.1. The molecule has 0 aliphatic carbocycles. The van der Waals surface area contributed by atoms with E-state index in [2.05, 4.69) is 20.5 Å². The van der Waals surface area contributed by atoms with Gasteiger partial charge in [0.05, 0.1) is 59.6 Å².